The van der Waals surface area contributed by atoms with Gasteiger partial charge in [-0.2, -0.15) is 0 Å². The summed E-state index contributed by atoms with van der Waals surface area (Å²) in [7, 11) is -0.153. The number of hydrogen-bond acceptors (Lipinski definition) is 3. The summed E-state index contributed by atoms with van der Waals surface area (Å²) in [6, 6.07) is 0. The van der Waals surface area contributed by atoms with E-state index in [1.54, 1.807) is 0 Å². The molecule has 0 aromatic heterocycles. The zero-order valence-electron chi connectivity index (χ0n) is 7.03. The molecule has 0 aliphatic carbocycles. The maximum atomic E-state index is 9.84. The Kier molecular flexibility index (Phi) is 60.2. The molecule has 0 fully saturated rings. The van der Waals surface area contributed by atoms with Gasteiger partial charge in [-0.25, -0.2) is 0 Å². The molecular formula is C5H11O3PY2-2. The molecule has 2 radical (unpaired) electrons. The van der Waals surface area contributed by atoms with Crippen molar-refractivity contribution in [1.82, 2.24) is 0 Å². The van der Waals surface area contributed by atoms with E-state index in [2.05, 4.69) is 4.74 Å². The Morgan fingerprint density at radius 1 is 1.36 bits per heavy atom. The van der Waals surface area contributed by atoms with Gasteiger partial charge in [0, 0.05) is 72.3 Å². The normalized spacial score (nSPS) is 5.55. The minimum atomic E-state index is -0.400. The van der Waals surface area contributed by atoms with Gasteiger partial charge in [-0.3, -0.25) is 9.36 Å². The second-order valence-corrected chi connectivity index (χ2v) is 1.41. The molecule has 0 amide bonds. The Balaban J connectivity index is -0.0000000300. The Labute approximate surface area is 120 Å². The van der Waals surface area contributed by atoms with Crippen LogP contribution in [0.4, 0.5) is 0 Å². The Morgan fingerprint density at radius 2 is 1.73 bits per heavy atom. The van der Waals surface area contributed by atoms with Crippen molar-refractivity contribution in [2.24, 2.45) is 0 Å². The summed E-state index contributed by atoms with van der Waals surface area (Å²) in [5.41, 5.74) is 0. The van der Waals surface area contributed by atoms with Crippen molar-refractivity contribution in [3.05, 3.63) is 14.9 Å². The second kappa shape index (κ2) is 22.6. The zero-order chi connectivity index (χ0) is 5.70. The third-order valence-electron chi connectivity index (χ3n) is 0.321. The monoisotopic (exact) mass is 328 g/mol. The van der Waals surface area contributed by atoms with Gasteiger partial charge in [0.05, 0.1) is 0 Å². The number of carbonyl (C=O) groups is 1. The zero-order valence-corrected chi connectivity index (χ0v) is 13.6. The summed E-state index contributed by atoms with van der Waals surface area (Å²) in [6.45, 7) is 1.27. The fourth-order valence-corrected chi connectivity index (χ4v) is 0.352. The van der Waals surface area contributed by atoms with Crippen LogP contribution >= 0.6 is 8.46 Å². The van der Waals surface area contributed by atoms with Crippen LogP contribution in [-0.2, 0) is 79.5 Å². The van der Waals surface area contributed by atoms with E-state index < -0.39 is 5.97 Å². The smallest absolute Gasteiger partial charge is 0.303 e. The standard InChI is InChI=1S/C3H5O3P.2CH3.2Y/c1-3(4)6-2-7-5;;;;/h2H2,1H3;2*1H3;;/q;2*-1;;. The molecule has 0 aliphatic heterocycles. The average molecular weight is 328 g/mol. The Morgan fingerprint density at radius 3 is 1.82 bits per heavy atom. The molecular weight excluding hydrogens is 317 g/mol. The molecule has 62 valence electrons. The number of rotatable bonds is 2. The minimum absolute atomic E-state index is 0. The first-order valence-electron chi connectivity index (χ1n) is 1.70. The number of hydrogen-bond donors (Lipinski definition) is 0. The molecule has 0 saturated heterocycles. The Bertz CT molecular complexity index is 89.8. The van der Waals surface area contributed by atoms with Gasteiger partial charge in [0.2, 0.25) is 0 Å². The molecule has 0 aliphatic rings. The van der Waals surface area contributed by atoms with Gasteiger partial charge in [0.15, 0.2) is 14.8 Å². The van der Waals surface area contributed by atoms with Gasteiger partial charge in [0.1, 0.15) is 0 Å². The predicted octanol–water partition coefficient (Wildman–Crippen LogP) is 1.69. The topological polar surface area (TPSA) is 43.4 Å². The molecule has 0 aromatic carbocycles. The van der Waals surface area contributed by atoms with Crippen molar-refractivity contribution in [3.8, 4) is 0 Å². The second-order valence-electron chi connectivity index (χ2n) is 0.894. The molecule has 0 aromatic rings. The third-order valence-corrected chi connectivity index (χ3v) is 0.555. The van der Waals surface area contributed by atoms with Crippen molar-refractivity contribution in [1.29, 1.82) is 0 Å². The van der Waals surface area contributed by atoms with Crippen molar-refractivity contribution < 1.29 is 79.5 Å². The van der Waals surface area contributed by atoms with Crippen molar-refractivity contribution in [2.45, 2.75) is 6.92 Å². The van der Waals surface area contributed by atoms with Gasteiger partial charge in [-0.05, 0) is 0 Å². The van der Waals surface area contributed by atoms with E-state index >= 15 is 0 Å². The van der Waals surface area contributed by atoms with E-state index in [0.717, 1.165) is 0 Å². The van der Waals surface area contributed by atoms with Gasteiger partial charge in [-0.15, -0.1) is 0 Å². The van der Waals surface area contributed by atoms with Crippen LogP contribution in [0.25, 0.3) is 0 Å². The molecule has 11 heavy (non-hydrogen) atoms. The van der Waals surface area contributed by atoms with Crippen LogP contribution < -0.4 is 0 Å². The summed E-state index contributed by atoms with van der Waals surface area (Å²) in [5, 5.41) is 0. The SMILES string of the molecule is CC(=O)OCP=O.[CH3-].[CH3-].[Y].[Y]. The summed E-state index contributed by atoms with van der Waals surface area (Å²) >= 11 is 0. The van der Waals surface area contributed by atoms with Crippen LogP contribution in [0.5, 0.6) is 0 Å². The first-order chi connectivity index (χ1) is 3.27. The quantitative estimate of drug-likeness (QED) is 0.440. The largest absolute Gasteiger partial charge is 0.453 e. The van der Waals surface area contributed by atoms with Gasteiger partial charge >= 0.3 is 5.97 Å². The van der Waals surface area contributed by atoms with Gasteiger partial charge in [-0.1, -0.05) is 0 Å². The summed E-state index contributed by atoms with van der Waals surface area (Å²) in [5.74, 6) is -0.400. The van der Waals surface area contributed by atoms with E-state index in [1.165, 1.54) is 6.92 Å². The molecule has 0 bridgehead atoms. The molecule has 0 spiro atoms. The molecule has 0 saturated carbocycles. The number of ether oxygens (including phenoxy) is 1. The van der Waals surface area contributed by atoms with E-state index in [4.69, 9.17) is 0 Å². The summed E-state index contributed by atoms with van der Waals surface area (Å²) in [4.78, 5) is 9.84. The van der Waals surface area contributed by atoms with Crippen LogP contribution in [0.15, 0.2) is 0 Å². The number of esters is 1. The first kappa shape index (κ1) is 29.3. The van der Waals surface area contributed by atoms with Gasteiger partial charge < -0.3 is 19.6 Å². The molecule has 0 unspecified atom stereocenters. The molecule has 0 N–H and O–H groups in total. The molecule has 0 heterocycles. The number of carbonyl (C=O) groups excluding carboxylic acids is 1. The van der Waals surface area contributed by atoms with E-state index in [9.17, 15) is 9.36 Å². The van der Waals surface area contributed by atoms with Crippen molar-refractivity contribution in [3.63, 3.8) is 0 Å². The summed E-state index contributed by atoms with van der Waals surface area (Å²) in [6.07, 6.45) is -0.0324. The minimum Gasteiger partial charge on any atom is -0.453 e. The van der Waals surface area contributed by atoms with E-state index in [1.807, 2.05) is 0 Å². The van der Waals surface area contributed by atoms with Crippen LogP contribution in [0, 0.1) is 14.9 Å². The fraction of sp³-hybridized carbons (Fsp3) is 0.400. The molecule has 3 nitrogen and oxygen atoms in total. The summed E-state index contributed by atoms with van der Waals surface area (Å²) < 4.78 is 13.8. The van der Waals surface area contributed by atoms with Crippen LogP contribution in [-0.4, -0.2) is 12.3 Å². The molecule has 0 rings (SSSR count). The van der Waals surface area contributed by atoms with Crippen molar-refractivity contribution in [2.75, 3.05) is 6.35 Å². The maximum Gasteiger partial charge on any atom is 0.303 e. The van der Waals surface area contributed by atoms with E-state index in [0.29, 0.717) is 0 Å². The first-order valence-corrected chi connectivity index (χ1v) is 2.69. The fourth-order valence-electron chi connectivity index (χ4n) is 0.117. The molecule has 6 heteroatoms. The average Bonchev–Trinajstić information content (AvgIpc) is 1.61. The molecule has 0 atom stereocenters. The van der Waals surface area contributed by atoms with Crippen LogP contribution in [0.2, 0.25) is 0 Å². The van der Waals surface area contributed by atoms with Crippen LogP contribution in [0.3, 0.4) is 0 Å². The predicted molar refractivity (Wildman–Crippen MR) is 37.1 cm³/mol. The maximum absolute atomic E-state index is 9.84. The van der Waals surface area contributed by atoms with Crippen molar-refractivity contribution >= 4 is 14.4 Å². The Hall–Kier alpha value is 1.78. The van der Waals surface area contributed by atoms with Gasteiger partial charge in [0.25, 0.3) is 0 Å². The third kappa shape index (κ3) is 33.7. The van der Waals surface area contributed by atoms with Crippen LogP contribution in [0.1, 0.15) is 6.92 Å². The van der Waals surface area contributed by atoms with E-state index in [-0.39, 0.29) is 95.1 Å².